The molecule has 0 spiro atoms. The molecule has 3 rings (SSSR count). The third kappa shape index (κ3) is 5.22. The van der Waals surface area contributed by atoms with Gasteiger partial charge in [0.25, 0.3) is 0 Å². The zero-order chi connectivity index (χ0) is 21.7. The van der Waals surface area contributed by atoms with Gasteiger partial charge in [-0.25, -0.2) is 9.59 Å². The van der Waals surface area contributed by atoms with E-state index in [0.717, 1.165) is 12.1 Å². The molecule has 1 N–H and O–H groups in total. The monoisotopic (exact) mass is 421 g/mol. The van der Waals surface area contributed by atoms with Crippen molar-refractivity contribution < 1.29 is 27.5 Å². The first-order valence-electron chi connectivity index (χ1n) is 9.53. The summed E-state index contributed by atoms with van der Waals surface area (Å²) in [5.41, 5.74) is 0.726. The van der Waals surface area contributed by atoms with Crippen LogP contribution in [0.3, 0.4) is 0 Å². The van der Waals surface area contributed by atoms with Crippen LogP contribution in [0.1, 0.15) is 22.8 Å². The van der Waals surface area contributed by atoms with Crippen LogP contribution in [0.4, 0.5) is 29.3 Å². The van der Waals surface area contributed by atoms with Gasteiger partial charge in [0.15, 0.2) is 0 Å². The van der Waals surface area contributed by atoms with Crippen molar-refractivity contribution in [1.82, 2.24) is 4.90 Å². The molecule has 9 heteroatoms. The molecule has 6 nitrogen and oxygen atoms in total. The first-order chi connectivity index (χ1) is 14.3. The van der Waals surface area contributed by atoms with Crippen LogP contribution in [0.15, 0.2) is 48.5 Å². The summed E-state index contributed by atoms with van der Waals surface area (Å²) in [7, 11) is 0. The summed E-state index contributed by atoms with van der Waals surface area (Å²) in [6.45, 7) is 3.61. The number of benzene rings is 2. The maximum Gasteiger partial charge on any atom is 0.416 e. The zero-order valence-electron chi connectivity index (χ0n) is 16.4. The van der Waals surface area contributed by atoms with Crippen molar-refractivity contribution in [3.8, 4) is 0 Å². The Bertz CT molecular complexity index is 892. The van der Waals surface area contributed by atoms with E-state index in [1.165, 1.54) is 6.07 Å². The van der Waals surface area contributed by atoms with Gasteiger partial charge in [-0.3, -0.25) is 0 Å². The van der Waals surface area contributed by atoms with Crippen LogP contribution in [-0.4, -0.2) is 49.7 Å². The minimum Gasteiger partial charge on any atom is -0.462 e. The fourth-order valence-corrected chi connectivity index (χ4v) is 3.15. The molecule has 30 heavy (non-hydrogen) atoms. The highest BCUT2D eigenvalue weighted by Gasteiger charge is 2.31. The molecule has 160 valence electrons. The van der Waals surface area contributed by atoms with Crippen molar-refractivity contribution in [2.45, 2.75) is 13.1 Å². The van der Waals surface area contributed by atoms with E-state index in [-0.39, 0.29) is 12.6 Å². The molecule has 1 aliphatic heterocycles. The summed E-state index contributed by atoms with van der Waals surface area (Å²) in [5, 5.41) is 2.76. The number of urea groups is 1. The van der Waals surface area contributed by atoms with E-state index in [4.69, 9.17) is 4.74 Å². The fraction of sp³-hybridized carbons (Fsp3) is 0.333. The molecule has 0 aliphatic carbocycles. The summed E-state index contributed by atoms with van der Waals surface area (Å²) >= 11 is 0. The molecular weight excluding hydrogens is 399 g/mol. The smallest absolute Gasteiger partial charge is 0.416 e. The van der Waals surface area contributed by atoms with Gasteiger partial charge in [0, 0.05) is 37.6 Å². The van der Waals surface area contributed by atoms with Crippen LogP contribution >= 0.6 is 0 Å². The standard InChI is InChI=1S/C21H22F3N3O3/c1-2-30-19(28)15-6-8-17(9-7-15)25-20(29)27-12-10-26(11-13-27)18-5-3-4-16(14-18)21(22,23)24/h3-9,14H,2,10-13H2,1H3,(H,25,29). The second kappa shape index (κ2) is 9.06. The molecule has 0 unspecified atom stereocenters. The van der Waals surface area contributed by atoms with Gasteiger partial charge in [-0.05, 0) is 49.4 Å². The molecule has 0 radical (unpaired) electrons. The van der Waals surface area contributed by atoms with Gasteiger partial charge in [0.2, 0.25) is 0 Å². The molecule has 1 heterocycles. The Morgan fingerprint density at radius 2 is 1.70 bits per heavy atom. The fourth-order valence-electron chi connectivity index (χ4n) is 3.15. The summed E-state index contributed by atoms with van der Waals surface area (Å²) in [6, 6.07) is 11.3. The van der Waals surface area contributed by atoms with Gasteiger partial charge in [-0.1, -0.05) is 6.07 Å². The predicted molar refractivity (Wildman–Crippen MR) is 107 cm³/mol. The Kier molecular flexibility index (Phi) is 6.49. The maximum absolute atomic E-state index is 12.9. The van der Waals surface area contributed by atoms with Crippen LogP contribution in [0.2, 0.25) is 0 Å². The second-order valence-corrected chi connectivity index (χ2v) is 6.75. The number of amides is 2. The van der Waals surface area contributed by atoms with E-state index in [1.807, 2.05) is 4.90 Å². The average Bonchev–Trinajstić information content (AvgIpc) is 2.74. The van der Waals surface area contributed by atoms with Crippen molar-refractivity contribution in [2.24, 2.45) is 0 Å². The average molecular weight is 421 g/mol. The number of carbonyl (C=O) groups is 2. The Morgan fingerprint density at radius 1 is 1.03 bits per heavy atom. The summed E-state index contributed by atoms with van der Waals surface area (Å²) in [4.78, 5) is 27.6. The van der Waals surface area contributed by atoms with E-state index in [0.29, 0.717) is 43.1 Å². The third-order valence-corrected chi connectivity index (χ3v) is 4.75. The van der Waals surface area contributed by atoms with Crippen molar-refractivity contribution in [3.63, 3.8) is 0 Å². The second-order valence-electron chi connectivity index (χ2n) is 6.75. The molecule has 0 bridgehead atoms. The SMILES string of the molecule is CCOC(=O)c1ccc(NC(=O)N2CCN(c3cccc(C(F)(F)F)c3)CC2)cc1. The number of nitrogens with one attached hydrogen (secondary N) is 1. The van der Waals surface area contributed by atoms with E-state index in [2.05, 4.69) is 5.32 Å². The van der Waals surface area contributed by atoms with Gasteiger partial charge in [-0.2, -0.15) is 13.2 Å². The number of hydrogen-bond acceptors (Lipinski definition) is 4. The lowest BCUT2D eigenvalue weighted by Gasteiger charge is -2.36. The number of ether oxygens (including phenoxy) is 1. The van der Waals surface area contributed by atoms with Crippen molar-refractivity contribution in [3.05, 3.63) is 59.7 Å². The third-order valence-electron chi connectivity index (χ3n) is 4.75. The molecule has 1 saturated heterocycles. The molecule has 0 saturated carbocycles. The van der Waals surface area contributed by atoms with Crippen molar-refractivity contribution >= 4 is 23.4 Å². The van der Waals surface area contributed by atoms with E-state index in [1.54, 1.807) is 42.2 Å². The lowest BCUT2D eigenvalue weighted by atomic mass is 10.1. The molecule has 0 aromatic heterocycles. The number of esters is 1. The van der Waals surface area contributed by atoms with E-state index in [9.17, 15) is 22.8 Å². The Hall–Kier alpha value is -3.23. The van der Waals surface area contributed by atoms with Crippen LogP contribution in [0.25, 0.3) is 0 Å². The van der Waals surface area contributed by atoms with Crippen LogP contribution in [-0.2, 0) is 10.9 Å². The van der Waals surface area contributed by atoms with Gasteiger partial charge in [0.1, 0.15) is 0 Å². The first-order valence-corrected chi connectivity index (χ1v) is 9.53. The zero-order valence-corrected chi connectivity index (χ0v) is 16.4. The van der Waals surface area contributed by atoms with Crippen LogP contribution in [0.5, 0.6) is 0 Å². The number of rotatable bonds is 4. The van der Waals surface area contributed by atoms with E-state index < -0.39 is 17.7 Å². The lowest BCUT2D eigenvalue weighted by Crippen LogP contribution is -2.50. The minimum atomic E-state index is -4.39. The highest BCUT2D eigenvalue weighted by molar-refractivity contribution is 5.92. The summed E-state index contributed by atoms with van der Waals surface area (Å²) < 4.78 is 43.7. The summed E-state index contributed by atoms with van der Waals surface area (Å²) in [5.74, 6) is -0.430. The molecule has 2 aromatic carbocycles. The number of alkyl halides is 3. The van der Waals surface area contributed by atoms with Crippen molar-refractivity contribution in [1.29, 1.82) is 0 Å². The Morgan fingerprint density at radius 3 is 2.30 bits per heavy atom. The van der Waals surface area contributed by atoms with Crippen LogP contribution < -0.4 is 10.2 Å². The molecule has 1 aliphatic rings. The number of carbonyl (C=O) groups excluding carboxylic acids is 2. The number of anilines is 2. The Balaban J connectivity index is 1.55. The minimum absolute atomic E-state index is 0.282. The maximum atomic E-state index is 12.9. The highest BCUT2D eigenvalue weighted by Crippen LogP contribution is 2.31. The quantitative estimate of drug-likeness (QED) is 0.751. The largest absolute Gasteiger partial charge is 0.462 e. The topological polar surface area (TPSA) is 61.9 Å². The number of nitrogens with zero attached hydrogens (tertiary/aromatic N) is 2. The van der Waals surface area contributed by atoms with Gasteiger partial charge in [0.05, 0.1) is 17.7 Å². The Labute approximate surface area is 172 Å². The van der Waals surface area contributed by atoms with Gasteiger partial charge in [-0.15, -0.1) is 0 Å². The van der Waals surface area contributed by atoms with Crippen LogP contribution in [0, 0.1) is 0 Å². The molecule has 0 atom stereocenters. The van der Waals surface area contributed by atoms with Crippen molar-refractivity contribution in [2.75, 3.05) is 43.0 Å². The normalized spacial score (nSPS) is 14.4. The molecular formula is C21H22F3N3O3. The number of halogens is 3. The molecule has 2 aromatic rings. The lowest BCUT2D eigenvalue weighted by molar-refractivity contribution is -0.137. The predicted octanol–water partition coefficient (Wildman–Crippen LogP) is 4.24. The molecule has 1 fully saturated rings. The van der Waals surface area contributed by atoms with Gasteiger partial charge >= 0.3 is 18.2 Å². The number of piperazine rings is 1. The molecule has 2 amide bonds. The number of hydrogen-bond donors (Lipinski definition) is 1. The highest BCUT2D eigenvalue weighted by atomic mass is 19.4. The van der Waals surface area contributed by atoms with Gasteiger partial charge < -0.3 is 19.9 Å². The van der Waals surface area contributed by atoms with E-state index >= 15 is 0 Å². The summed E-state index contributed by atoms with van der Waals surface area (Å²) in [6.07, 6.45) is -4.39. The first kappa shape index (κ1) is 21.5.